The van der Waals surface area contributed by atoms with Crippen molar-refractivity contribution in [1.29, 1.82) is 0 Å². The van der Waals surface area contributed by atoms with Gasteiger partial charge in [0.1, 0.15) is 12.4 Å². The number of Topliss-reactive ketones (excluding diaryl/α,β-unsaturated/α-hetero) is 1. The maximum atomic E-state index is 11.2. The number of phenolic OH excluding ortho intramolecular Hbond substituents is 1. The number of hydrogen-bond acceptors (Lipinski definition) is 3. The molecule has 0 aliphatic heterocycles. The Morgan fingerprint density at radius 3 is 2.46 bits per heavy atom. The summed E-state index contributed by atoms with van der Waals surface area (Å²) in [6.45, 7) is 2.99. The quantitative estimate of drug-likeness (QED) is 0.672. The van der Waals surface area contributed by atoms with Gasteiger partial charge in [-0.2, -0.15) is 0 Å². The number of aromatic hydroxyl groups is 1. The lowest BCUT2D eigenvalue weighted by atomic mass is 10.0. The fourth-order valence-electron chi connectivity index (χ4n) is 1.39. The van der Waals surface area contributed by atoms with Gasteiger partial charge in [0.25, 0.3) is 0 Å². The van der Waals surface area contributed by atoms with Gasteiger partial charge >= 0.3 is 0 Å². The Labute approximate surface area is 76.6 Å². The van der Waals surface area contributed by atoms with Crippen LogP contribution in [0.4, 0.5) is 0 Å². The minimum Gasteiger partial charge on any atom is -0.507 e. The number of phenols is 1. The van der Waals surface area contributed by atoms with Gasteiger partial charge in [-0.1, -0.05) is 6.07 Å². The molecule has 0 spiro atoms. The zero-order chi connectivity index (χ0) is 10.0. The highest BCUT2D eigenvalue weighted by atomic mass is 16.3. The summed E-state index contributed by atoms with van der Waals surface area (Å²) >= 11 is 0. The van der Waals surface area contributed by atoms with Crippen LogP contribution in [0.1, 0.15) is 21.5 Å². The van der Waals surface area contributed by atoms with Crippen LogP contribution in [0.2, 0.25) is 0 Å². The van der Waals surface area contributed by atoms with Crippen molar-refractivity contribution in [3.05, 3.63) is 28.8 Å². The van der Waals surface area contributed by atoms with Crippen molar-refractivity contribution in [1.82, 2.24) is 0 Å². The third kappa shape index (κ3) is 1.87. The number of aliphatic hydroxyl groups is 1. The number of carbonyl (C=O) groups is 1. The molecule has 3 heteroatoms. The summed E-state index contributed by atoms with van der Waals surface area (Å²) in [7, 11) is 0. The lowest BCUT2D eigenvalue weighted by Gasteiger charge is -2.06. The summed E-state index contributed by atoms with van der Waals surface area (Å²) in [5.74, 6) is -0.508. The summed E-state index contributed by atoms with van der Waals surface area (Å²) in [4.78, 5) is 11.2. The molecule has 0 bridgehead atoms. The van der Waals surface area contributed by atoms with Crippen LogP contribution in [-0.2, 0) is 0 Å². The fourth-order valence-corrected chi connectivity index (χ4v) is 1.39. The van der Waals surface area contributed by atoms with E-state index in [-0.39, 0.29) is 11.3 Å². The molecule has 0 amide bonds. The molecule has 0 radical (unpaired) electrons. The van der Waals surface area contributed by atoms with E-state index < -0.39 is 12.4 Å². The van der Waals surface area contributed by atoms with E-state index in [1.165, 1.54) is 6.07 Å². The predicted octanol–water partition coefficient (Wildman–Crippen LogP) is 1.18. The van der Waals surface area contributed by atoms with Crippen LogP contribution in [0.3, 0.4) is 0 Å². The van der Waals surface area contributed by atoms with E-state index >= 15 is 0 Å². The maximum Gasteiger partial charge on any atom is 0.192 e. The largest absolute Gasteiger partial charge is 0.507 e. The van der Waals surface area contributed by atoms with Crippen LogP contribution < -0.4 is 0 Å². The van der Waals surface area contributed by atoms with E-state index in [1.54, 1.807) is 13.0 Å². The van der Waals surface area contributed by atoms with Crippen molar-refractivity contribution in [2.75, 3.05) is 6.61 Å². The van der Waals surface area contributed by atoms with Gasteiger partial charge in [-0.3, -0.25) is 4.79 Å². The van der Waals surface area contributed by atoms with Gasteiger partial charge in [0, 0.05) is 0 Å². The number of benzene rings is 1. The normalized spacial score (nSPS) is 10.1. The molecule has 70 valence electrons. The van der Waals surface area contributed by atoms with Crippen LogP contribution in [0.25, 0.3) is 0 Å². The Morgan fingerprint density at radius 2 is 2.00 bits per heavy atom. The Kier molecular flexibility index (Phi) is 2.68. The molecule has 0 saturated heterocycles. The van der Waals surface area contributed by atoms with Crippen molar-refractivity contribution in [3.63, 3.8) is 0 Å². The summed E-state index contributed by atoms with van der Waals surface area (Å²) in [5.41, 5.74) is 1.80. The van der Waals surface area contributed by atoms with E-state index in [4.69, 9.17) is 5.11 Å². The molecule has 3 nitrogen and oxygen atoms in total. The van der Waals surface area contributed by atoms with Crippen molar-refractivity contribution in [2.45, 2.75) is 13.8 Å². The highest BCUT2D eigenvalue weighted by Crippen LogP contribution is 2.23. The first-order valence-corrected chi connectivity index (χ1v) is 4.00. The minimum atomic E-state index is -0.572. The predicted molar refractivity (Wildman–Crippen MR) is 49.0 cm³/mol. The van der Waals surface area contributed by atoms with E-state index in [2.05, 4.69) is 0 Å². The Hall–Kier alpha value is -1.35. The highest BCUT2D eigenvalue weighted by Gasteiger charge is 2.13. The number of hydrogen-bond donors (Lipinski definition) is 2. The average molecular weight is 180 g/mol. The average Bonchev–Trinajstić information content (AvgIpc) is 2.02. The SMILES string of the molecule is Cc1cc(C)c(C(=O)CO)c(O)c1. The third-order valence-corrected chi connectivity index (χ3v) is 1.88. The molecule has 0 heterocycles. The molecule has 0 fully saturated rings. The zero-order valence-corrected chi connectivity index (χ0v) is 7.66. The Balaban J connectivity index is 3.28. The number of carbonyl (C=O) groups excluding carboxylic acids is 1. The monoisotopic (exact) mass is 180 g/mol. The molecule has 13 heavy (non-hydrogen) atoms. The summed E-state index contributed by atoms with van der Waals surface area (Å²) in [6, 6.07) is 3.30. The molecule has 0 aromatic heterocycles. The lowest BCUT2D eigenvalue weighted by molar-refractivity contribution is 0.0900. The molecule has 0 saturated carbocycles. The maximum absolute atomic E-state index is 11.2. The zero-order valence-electron chi connectivity index (χ0n) is 7.66. The van der Waals surface area contributed by atoms with Crippen molar-refractivity contribution in [2.24, 2.45) is 0 Å². The molecule has 0 unspecified atom stereocenters. The van der Waals surface area contributed by atoms with Gasteiger partial charge in [-0.05, 0) is 31.0 Å². The second kappa shape index (κ2) is 3.58. The van der Waals surface area contributed by atoms with Crippen molar-refractivity contribution < 1.29 is 15.0 Å². The Bertz CT molecular complexity index is 319. The fraction of sp³-hybridized carbons (Fsp3) is 0.300. The van der Waals surface area contributed by atoms with Gasteiger partial charge in [0.05, 0.1) is 5.56 Å². The second-order valence-corrected chi connectivity index (χ2v) is 3.06. The van der Waals surface area contributed by atoms with Gasteiger partial charge in [0.15, 0.2) is 5.78 Å². The smallest absolute Gasteiger partial charge is 0.192 e. The number of rotatable bonds is 2. The molecule has 2 N–H and O–H groups in total. The topological polar surface area (TPSA) is 57.5 Å². The van der Waals surface area contributed by atoms with Crippen molar-refractivity contribution >= 4 is 5.78 Å². The van der Waals surface area contributed by atoms with Gasteiger partial charge in [-0.15, -0.1) is 0 Å². The van der Waals surface area contributed by atoms with Gasteiger partial charge in [0.2, 0.25) is 0 Å². The summed E-state index contributed by atoms with van der Waals surface area (Å²) in [6.07, 6.45) is 0. The van der Waals surface area contributed by atoms with E-state index in [0.717, 1.165) is 5.56 Å². The second-order valence-electron chi connectivity index (χ2n) is 3.06. The molecule has 0 aliphatic rings. The van der Waals surface area contributed by atoms with Crippen LogP contribution in [0, 0.1) is 13.8 Å². The van der Waals surface area contributed by atoms with Crippen LogP contribution >= 0.6 is 0 Å². The molecule has 1 aromatic rings. The van der Waals surface area contributed by atoms with E-state index in [9.17, 15) is 9.90 Å². The molecular formula is C10H12O3. The number of aryl methyl sites for hydroxylation is 2. The number of aliphatic hydroxyl groups excluding tert-OH is 1. The van der Waals surface area contributed by atoms with Crippen LogP contribution in [0.5, 0.6) is 5.75 Å². The molecule has 1 rings (SSSR count). The summed E-state index contributed by atoms with van der Waals surface area (Å²) in [5, 5.41) is 18.1. The molecule has 1 aromatic carbocycles. The van der Waals surface area contributed by atoms with Crippen LogP contribution in [-0.4, -0.2) is 22.6 Å². The molecule has 0 atom stereocenters. The first kappa shape index (κ1) is 9.74. The Morgan fingerprint density at radius 1 is 1.38 bits per heavy atom. The lowest BCUT2D eigenvalue weighted by Crippen LogP contribution is -2.07. The number of ketones is 1. The third-order valence-electron chi connectivity index (χ3n) is 1.88. The molecule has 0 aliphatic carbocycles. The minimum absolute atomic E-state index is 0.0587. The molecular weight excluding hydrogens is 168 g/mol. The van der Waals surface area contributed by atoms with E-state index in [1.807, 2.05) is 6.92 Å². The van der Waals surface area contributed by atoms with Crippen LogP contribution in [0.15, 0.2) is 12.1 Å². The van der Waals surface area contributed by atoms with Crippen molar-refractivity contribution in [3.8, 4) is 5.75 Å². The summed E-state index contributed by atoms with van der Waals surface area (Å²) < 4.78 is 0. The van der Waals surface area contributed by atoms with Gasteiger partial charge in [-0.25, -0.2) is 0 Å². The first-order valence-electron chi connectivity index (χ1n) is 4.00. The standard InChI is InChI=1S/C10H12O3/c1-6-3-7(2)10(8(12)4-6)9(13)5-11/h3-4,11-12H,5H2,1-2H3. The first-order chi connectivity index (χ1) is 6.06. The van der Waals surface area contributed by atoms with Gasteiger partial charge < -0.3 is 10.2 Å². The highest BCUT2D eigenvalue weighted by molar-refractivity contribution is 6.00. The van der Waals surface area contributed by atoms with E-state index in [0.29, 0.717) is 5.56 Å².